The maximum atomic E-state index is 13.6. The summed E-state index contributed by atoms with van der Waals surface area (Å²) in [5, 5.41) is 14.5. The summed E-state index contributed by atoms with van der Waals surface area (Å²) in [6.45, 7) is 3.25. The molecule has 32 heavy (non-hydrogen) atoms. The zero-order chi connectivity index (χ0) is 22.5. The van der Waals surface area contributed by atoms with Crippen LogP contribution in [-0.4, -0.2) is 69.3 Å². The fraction of sp³-hybridized carbons (Fsp3) is 0.333. The highest BCUT2D eigenvalue weighted by Gasteiger charge is 2.23. The first-order valence-electron chi connectivity index (χ1n) is 10.1. The molecule has 0 saturated carbocycles. The van der Waals surface area contributed by atoms with Gasteiger partial charge < -0.3 is 15.0 Å². The van der Waals surface area contributed by atoms with Crippen molar-refractivity contribution in [1.82, 2.24) is 35.3 Å². The molecule has 1 aromatic heterocycles. The van der Waals surface area contributed by atoms with Crippen LogP contribution < -0.4 is 10.1 Å². The number of benzene rings is 2. The fourth-order valence-electron chi connectivity index (χ4n) is 3.46. The van der Waals surface area contributed by atoms with Crippen LogP contribution in [0.1, 0.15) is 11.4 Å². The second-order valence-electron chi connectivity index (χ2n) is 7.38. The lowest BCUT2D eigenvalue weighted by atomic mass is 10.2. The molecule has 2 heterocycles. The van der Waals surface area contributed by atoms with Gasteiger partial charge in [-0.2, -0.15) is 4.68 Å². The van der Waals surface area contributed by atoms with Crippen LogP contribution in [-0.2, 0) is 13.1 Å². The van der Waals surface area contributed by atoms with Gasteiger partial charge in [-0.05, 0) is 40.3 Å². The average molecular weight is 443 g/mol. The maximum Gasteiger partial charge on any atom is 0.317 e. The van der Waals surface area contributed by atoms with E-state index in [1.807, 2.05) is 24.3 Å². The highest BCUT2D eigenvalue weighted by Crippen LogP contribution is 2.15. The summed E-state index contributed by atoms with van der Waals surface area (Å²) in [6, 6.07) is 10.9. The number of carbonyl (C=O) groups is 1. The number of methoxy groups -OCH3 is 1. The number of hydrogen-bond acceptors (Lipinski definition) is 6. The molecule has 1 N–H and O–H groups in total. The van der Waals surface area contributed by atoms with Crippen molar-refractivity contribution >= 4 is 6.03 Å². The molecule has 1 aliphatic rings. The van der Waals surface area contributed by atoms with Crippen molar-refractivity contribution in [3.05, 3.63) is 65.5 Å². The molecule has 2 aromatic carbocycles. The Morgan fingerprint density at radius 1 is 1.06 bits per heavy atom. The molecule has 0 bridgehead atoms. The first-order chi connectivity index (χ1) is 15.5. The Kier molecular flexibility index (Phi) is 6.55. The van der Waals surface area contributed by atoms with Crippen molar-refractivity contribution in [1.29, 1.82) is 0 Å². The van der Waals surface area contributed by atoms with Crippen LogP contribution in [0.2, 0.25) is 0 Å². The first kappa shape index (κ1) is 21.6. The van der Waals surface area contributed by atoms with Gasteiger partial charge in [-0.25, -0.2) is 13.6 Å². The number of nitrogens with one attached hydrogen (secondary N) is 1. The predicted octanol–water partition coefficient (Wildman–Crippen LogP) is 1.98. The average Bonchev–Trinajstić information content (AvgIpc) is 3.28. The molecule has 0 radical (unpaired) electrons. The van der Waals surface area contributed by atoms with Crippen LogP contribution in [0.5, 0.6) is 5.75 Å². The largest absolute Gasteiger partial charge is 0.497 e. The molecule has 9 nitrogen and oxygen atoms in total. The molecule has 0 atom stereocenters. The van der Waals surface area contributed by atoms with Crippen LogP contribution in [0.3, 0.4) is 0 Å². The topological polar surface area (TPSA) is 88.4 Å². The highest BCUT2D eigenvalue weighted by molar-refractivity contribution is 5.74. The number of urea groups is 1. The van der Waals surface area contributed by atoms with E-state index < -0.39 is 11.6 Å². The molecular formula is C21H23F2N7O2. The Morgan fingerprint density at radius 2 is 1.81 bits per heavy atom. The van der Waals surface area contributed by atoms with E-state index in [1.165, 1.54) is 10.7 Å². The Morgan fingerprint density at radius 3 is 2.50 bits per heavy atom. The molecule has 11 heteroatoms. The summed E-state index contributed by atoms with van der Waals surface area (Å²) in [4.78, 5) is 16.4. The Hall–Kier alpha value is -3.60. The van der Waals surface area contributed by atoms with Crippen LogP contribution in [0.25, 0.3) is 5.69 Å². The van der Waals surface area contributed by atoms with E-state index in [4.69, 9.17) is 4.74 Å². The van der Waals surface area contributed by atoms with Gasteiger partial charge in [0.05, 0.1) is 19.3 Å². The normalized spacial score (nSPS) is 14.4. The van der Waals surface area contributed by atoms with E-state index in [0.29, 0.717) is 50.8 Å². The third kappa shape index (κ3) is 4.99. The summed E-state index contributed by atoms with van der Waals surface area (Å²) in [7, 11) is 1.61. The molecule has 168 valence electrons. The molecule has 0 aliphatic carbocycles. The molecule has 4 rings (SSSR count). The van der Waals surface area contributed by atoms with Gasteiger partial charge in [-0.1, -0.05) is 12.1 Å². The number of nitrogens with zero attached hydrogens (tertiary/aromatic N) is 6. The van der Waals surface area contributed by atoms with E-state index in [9.17, 15) is 13.6 Å². The summed E-state index contributed by atoms with van der Waals surface area (Å²) >= 11 is 0. The quantitative estimate of drug-likeness (QED) is 0.627. The highest BCUT2D eigenvalue weighted by atomic mass is 19.2. The lowest BCUT2D eigenvalue weighted by molar-refractivity contribution is 0.133. The third-order valence-corrected chi connectivity index (χ3v) is 5.31. The number of amides is 2. The first-order valence-corrected chi connectivity index (χ1v) is 10.1. The lowest BCUT2D eigenvalue weighted by Gasteiger charge is -2.34. The molecule has 1 saturated heterocycles. The van der Waals surface area contributed by atoms with Gasteiger partial charge in [0.15, 0.2) is 17.5 Å². The number of rotatable bonds is 6. The second-order valence-corrected chi connectivity index (χ2v) is 7.38. The second kappa shape index (κ2) is 9.69. The van der Waals surface area contributed by atoms with Gasteiger partial charge in [-0.3, -0.25) is 4.90 Å². The van der Waals surface area contributed by atoms with Crippen molar-refractivity contribution in [2.75, 3.05) is 33.3 Å². The lowest BCUT2D eigenvalue weighted by Crippen LogP contribution is -2.51. The van der Waals surface area contributed by atoms with Gasteiger partial charge in [-0.15, -0.1) is 5.10 Å². The SMILES string of the molecule is COc1ccc(CNC(=O)N2CCN(Cc3nnnn3-c3ccc(F)c(F)c3)CC2)cc1. The van der Waals surface area contributed by atoms with Gasteiger partial charge in [0.1, 0.15) is 5.75 Å². The molecule has 0 spiro atoms. The van der Waals surface area contributed by atoms with Crippen LogP contribution >= 0.6 is 0 Å². The number of ether oxygens (including phenoxy) is 1. The van der Waals surface area contributed by atoms with Crippen molar-refractivity contribution in [3.63, 3.8) is 0 Å². The van der Waals surface area contributed by atoms with Gasteiger partial charge in [0.25, 0.3) is 0 Å². The van der Waals surface area contributed by atoms with E-state index in [2.05, 4.69) is 25.7 Å². The summed E-state index contributed by atoms with van der Waals surface area (Å²) in [5.41, 5.74) is 1.34. The number of tetrazole rings is 1. The summed E-state index contributed by atoms with van der Waals surface area (Å²) in [6.07, 6.45) is 0. The van der Waals surface area contributed by atoms with Crippen molar-refractivity contribution in [3.8, 4) is 11.4 Å². The van der Waals surface area contributed by atoms with Crippen LogP contribution in [0.15, 0.2) is 42.5 Å². The van der Waals surface area contributed by atoms with Crippen molar-refractivity contribution in [2.24, 2.45) is 0 Å². The minimum Gasteiger partial charge on any atom is -0.497 e. The van der Waals surface area contributed by atoms with Crippen molar-refractivity contribution < 1.29 is 18.3 Å². The Bertz CT molecular complexity index is 1070. The van der Waals surface area contributed by atoms with Crippen LogP contribution in [0, 0.1) is 11.6 Å². The zero-order valence-electron chi connectivity index (χ0n) is 17.5. The minimum absolute atomic E-state index is 0.118. The van der Waals surface area contributed by atoms with Gasteiger partial charge in [0.2, 0.25) is 0 Å². The van der Waals surface area contributed by atoms with Gasteiger partial charge in [0, 0.05) is 38.8 Å². The monoisotopic (exact) mass is 443 g/mol. The zero-order valence-corrected chi connectivity index (χ0v) is 17.5. The van der Waals surface area contributed by atoms with Crippen LogP contribution in [0.4, 0.5) is 13.6 Å². The van der Waals surface area contributed by atoms with Crippen molar-refractivity contribution in [2.45, 2.75) is 13.1 Å². The van der Waals surface area contributed by atoms with E-state index in [0.717, 1.165) is 23.4 Å². The van der Waals surface area contributed by atoms with Gasteiger partial charge >= 0.3 is 6.03 Å². The minimum atomic E-state index is -0.960. The van der Waals surface area contributed by atoms with E-state index >= 15 is 0 Å². The predicted molar refractivity (Wildman–Crippen MR) is 111 cm³/mol. The molecule has 2 amide bonds. The smallest absolute Gasteiger partial charge is 0.317 e. The third-order valence-electron chi connectivity index (χ3n) is 5.31. The molecule has 1 aliphatic heterocycles. The molecule has 0 unspecified atom stereocenters. The standard InChI is InChI=1S/C21H23F2N7O2/c1-32-17-5-2-15(3-6-17)13-24-21(31)29-10-8-28(9-11-29)14-20-25-26-27-30(20)16-4-7-18(22)19(23)12-16/h2-7,12H,8-11,13-14H2,1H3,(H,24,31). The summed E-state index contributed by atoms with van der Waals surface area (Å²) < 4.78 is 33.3. The number of halogens is 2. The number of carbonyl (C=O) groups excluding carboxylic acids is 1. The van der Waals surface area contributed by atoms with E-state index in [-0.39, 0.29) is 6.03 Å². The Balaban J connectivity index is 1.28. The molecular weight excluding hydrogens is 420 g/mol. The maximum absolute atomic E-state index is 13.6. The number of aromatic nitrogens is 4. The fourth-order valence-corrected chi connectivity index (χ4v) is 3.46. The number of hydrogen-bond donors (Lipinski definition) is 1. The number of piperazine rings is 1. The Labute approximate surface area is 183 Å². The van der Waals surface area contributed by atoms with E-state index in [1.54, 1.807) is 12.0 Å². The molecule has 3 aromatic rings. The summed E-state index contributed by atoms with van der Waals surface area (Å²) in [5.74, 6) is -0.608. The molecule has 1 fully saturated rings.